The molecule has 0 aliphatic rings. The van der Waals surface area contributed by atoms with Gasteiger partial charge < -0.3 is 10.1 Å². The Morgan fingerprint density at radius 3 is 2.76 bits per heavy atom. The molecule has 0 atom stereocenters. The topological polar surface area (TPSA) is 47.0 Å². The van der Waals surface area contributed by atoms with Crippen molar-refractivity contribution in [2.45, 2.75) is 6.92 Å². The molecular formula is C13H15N3O. The molecule has 0 bridgehead atoms. The second kappa shape index (κ2) is 5.84. The van der Waals surface area contributed by atoms with Gasteiger partial charge in [-0.2, -0.15) is 0 Å². The van der Waals surface area contributed by atoms with Gasteiger partial charge in [0.1, 0.15) is 24.5 Å². The Hall–Kier alpha value is -2.10. The van der Waals surface area contributed by atoms with Gasteiger partial charge in [0.2, 0.25) is 0 Å². The molecule has 0 radical (unpaired) electrons. The van der Waals surface area contributed by atoms with Crippen molar-refractivity contribution in [2.75, 3.05) is 18.5 Å². The molecule has 0 unspecified atom stereocenters. The summed E-state index contributed by atoms with van der Waals surface area (Å²) >= 11 is 0. The van der Waals surface area contributed by atoms with Crippen LogP contribution in [0.25, 0.3) is 0 Å². The lowest BCUT2D eigenvalue weighted by Gasteiger charge is -2.07. The van der Waals surface area contributed by atoms with Crippen LogP contribution < -0.4 is 10.1 Å². The largest absolute Gasteiger partial charge is 0.492 e. The zero-order valence-corrected chi connectivity index (χ0v) is 9.76. The van der Waals surface area contributed by atoms with Crippen LogP contribution in [0, 0.1) is 6.92 Å². The molecule has 0 fully saturated rings. The van der Waals surface area contributed by atoms with E-state index in [1.54, 1.807) is 6.33 Å². The minimum atomic E-state index is 0.604. The highest BCUT2D eigenvalue weighted by molar-refractivity contribution is 5.34. The first-order chi connectivity index (χ1) is 8.34. The molecule has 0 saturated heterocycles. The molecule has 17 heavy (non-hydrogen) atoms. The summed E-state index contributed by atoms with van der Waals surface area (Å²) in [6.45, 7) is 3.26. The van der Waals surface area contributed by atoms with Crippen LogP contribution in [0.3, 0.4) is 0 Å². The molecule has 4 heteroatoms. The van der Waals surface area contributed by atoms with E-state index in [4.69, 9.17) is 4.74 Å². The van der Waals surface area contributed by atoms with E-state index >= 15 is 0 Å². The van der Waals surface area contributed by atoms with Gasteiger partial charge in [0.05, 0.1) is 6.54 Å². The van der Waals surface area contributed by atoms with E-state index in [1.165, 1.54) is 0 Å². The summed E-state index contributed by atoms with van der Waals surface area (Å²) in [5.41, 5.74) is 0.950. The molecule has 2 aromatic rings. The van der Waals surface area contributed by atoms with Gasteiger partial charge in [-0.25, -0.2) is 9.97 Å². The van der Waals surface area contributed by atoms with Crippen LogP contribution in [0.5, 0.6) is 5.75 Å². The predicted octanol–water partition coefficient (Wildman–Crippen LogP) is 2.28. The molecule has 1 aromatic heterocycles. The zero-order chi connectivity index (χ0) is 11.9. The highest BCUT2D eigenvalue weighted by Crippen LogP contribution is 2.08. The summed E-state index contributed by atoms with van der Waals surface area (Å²) < 4.78 is 5.55. The maximum Gasteiger partial charge on any atom is 0.129 e. The summed E-state index contributed by atoms with van der Waals surface area (Å²) in [6, 6.07) is 11.7. The van der Waals surface area contributed by atoms with Crippen molar-refractivity contribution in [3.63, 3.8) is 0 Å². The van der Waals surface area contributed by atoms with Crippen LogP contribution in [-0.2, 0) is 0 Å². The van der Waals surface area contributed by atoms with Crippen molar-refractivity contribution in [1.82, 2.24) is 9.97 Å². The second-order valence-electron chi connectivity index (χ2n) is 3.63. The number of nitrogens with one attached hydrogen (secondary N) is 1. The van der Waals surface area contributed by atoms with Crippen LogP contribution in [0.2, 0.25) is 0 Å². The fourth-order valence-electron chi connectivity index (χ4n) is 1.42. The van der Waals surface area contributed by atoms with Crippen LogP contribution in [0.4, 0.5) is 5.82 Å². The molecule has 0 spiro atoms. The zero-order valence-electron chi connectivity index (χ0n) is 9.76. The van der Waals surface area contributed by atoms with E-state index in [-0.39, 0.29) is 0 Å². The van der Waals surface area contributed by atoms with Gasteiger partial charge in [0.25, 0.3) is 0 Å². The Balaban J connectivity index is 1.73. The van der Waals surface area contributed by atoms with E-state index in [0.29, 0.717) is 13.2 Å². The smallest absolute Gasteiger partial charge is 0.129 e. The number of hydrogen-bond donors (Lipinski definition) is 1. The summed E-state index contributed by atoms with van der Waals surface area (Å²) in [5.74, 6) is 1.71. The minimum absolute atomic E-state index is 0.604. The van der Waals surface area contributed by atoms with Gasteiger partial charge in [0, 0.05) is 11.8 Å². The number of aryl methyl sites for hydroxylation is 1. The summed E-state index contributed by atoms with van der Waals surface area (Å²) in [7, 11) is 0. The molecular weight excluding hydrogens is 214 g/mol. The summed E-state index contributed by atoms with van der Waals surface area (Å²) in [4.78, 5) is 8.14. The third kappa shape index (κ3) is 3.75. The number of hydrogen-bond acceptors (Lipinski definition) is 4. The standard InChI is InChI=1S/C13H15N3O/c1-11-9-13(16-10-15-11)14-7-8-17-12-5-3-2-4-6-12/h2-6,9-10H,7-8H2,1H3,(H,14,15,16). The van der Waals surface area contributed by atoms with Crippen molar-refractivity contribution < 1.29 is 4.74 Å². The van der Waals surface area contributed by atoms with Crippen LogP contribution in [0.15, 0.2) is 42.7 Å². The first-order valence-electron chi connectivity index (χ1n) is 5.55. The van der Waals surface area contributed by atoms with Crippen molar-refractivity contribution in [1.29, 1.82) is 0 Å². The first-order valence-corrected chi connectivity index (χ1v) is 5.55. The fourth-order valence-corrected chi connectivity index (χ4v) is 1.42. The summed E-state index contributed by atoms with van der Waals surface area (Å²) in [6.07, 6.45) is 1.55. The van der Waals surface area contributed by atoms with Crippen molar-refractivity contribution in [3.05, 3.63) is 48.4 Å². The molecule has 0 saturated carbocycles. The highest BCUT2D eigenvalue weighted by Gasteiger charge is 1.95. The maximum atomic E-state index is 5.55. The Morgan fingerprint density at radius 1 is 1.18 bits per heavy atom. The number of benzene rings is 1. The van der Waals surface area contributed by atoms with Crippen molar-refractivity contribution in [2.24, 2.45) is 0 Å². The molecule has 4 nitrogen and oxygen atoms in total. The van der Waals surface area contributed by atoms with Crippen LogP contribution in [-0.4, -0.2) is 23.1 Å². The van der Waals surface area contributed by atoms with E-state index < -0.39 is 0 Å². The molecule has 88 valence electrons. The fraction of sp³-hybridized carbons (Fsp3) is 0.231. The summed E-state index contributed by atoms with van der Waals surface area (Å²) in [5, 5.41) is 3.18. The van der Waals surface area contributed by atoms with Crippen LogP contribution in [0.1, 0.15) is 5.69 Å². The van der Waals surface area contributed by atoms with E-state index in [9.17, 15) is 0 Å². The SMILES string of the molecule is Cc1cc(NCCOc2ccccc2)ncn1. The van der Waals surface area contributed by atoms with E-state index in [1.807, 2.05) is 43.3 Å². The average molecular weight is 229 g/mol. The number of aromatic nitrogens is 2. The van der Waals surface area contributed by atoms with Crippen molar-refractivity contribution >= 4 is 5.82 Å². The lowest BCUT2D eigenvalue weighted by atomic mass is 10.3. The van der Waals surface area contributed by atoms with E-state index in [2.05, 4.69) is 15.3 Å². The Labute approximate surface area is 101 Å². The number of nitrogens with zero attached hydrogens (tertiary/aromatic N) is 2. The van der Waals surface area contributed by atoms with Gasteiger partial charge >= 0.3 is 0 Å². The normalized spacial score (nSPS) is 9.94. The number of anilines is 1. The van der Waals surface area contributed by atoms with Gasteiger partial charge in [-0.3, -0.25) is 0 Å². The Bertz CT molecular complexity index is 459. The lowest BCUT2D eigenvalue weighted by Crippen LogP contribution is -2.12. The molecule has 0 amide bonds. The monoisotopic (exact) mass is 229 g/mol. The second-order valence-corrected chi connectivity index (χ2v) is 3.63. The minimum Gasteiger partial charge on any atom is -0.492 e. The highest BCUT2D eigenvalue weighted by atomic mass is 16.5. The number of ether oxygens (including phenoxy) is 1. The Morgan fingerprint density at radius 2 is 2.00 bits per heavy atom. The molecule has 2 rings (SSSR count). The third-order valence-corrected chi connectivity index (χ3v) is 2.22. The molecule has 1 N–H and O–H groups in total. The van der Waals surface area contributed by atoms with Crippen LogP contribution >= 0.6 is 0 Å². The quantitative estimate of drug-likeness (QED) is 0.799. The lowest BCUT2D eigenvalue weighted by molar-refractivity contribution is 0.333. The molecule has 0 aliphatic carbocycles. The molecule has 1 heterocycles. The average Bonchev–Trinajstić information content (AvgIpc) is 2.36. The number of para-hydroxylation sites is 1. The maximum absolute atomic E-state index is 5.55. The number of rotatable bonds is 5. The van der Waals surface area contributed by atoms with Gasteiger partial charge in [-0.15, -0.1) is 0 Å². The molecule has 1 aromatic carbocycles. The predicted molar refractivity (Wildman–Crippen MR) is 67.2 cm³/mol. The Kier molecular flexibility index (Phi) is 3.91. The van der Waals surface area contributed by atoms with Gasteiger partial charge in [-0.1, -0.05) is 18.2 Å². The third-order valence-electron chi connectivity index (χ3n) is 2.22. The van der Waals surface area contributed by atoms with Gasteiger partial charge in [0.15, 0.2) is 0 Å². The van der Waals surface area contributed by atoms with Crippen molar-refractivity contribution in [3.8, 4) is 5.75 Å². The van der Waals surface area contributed by atoms with Gasteiger partial charge in [-0.05, 0) is 19.1 Å². The molecule has 0 aliphatic heterocycles. The first kappa shape index (κ1) is 11.4. The van der Waals surface area contributed by atoms with E-state index in [0.717, 1.165) is 17.3 Å².